The zero-order valence-corrected chi connectivity index (χ0v) is 11.1. The second kappa shape index (κ2) is 4.24. The molecule has 1 amide bonds. The van der Waals surface area contributed by atoms with Crippen molar-refractivity contribution in [2.45, 2.75) is 20.3 Å². The number of carbonyl (C=O) groups is 1. The van der Waals surface area contributed by atoms with Crippen molar-refractivity contribution < 1.29 is 13.2 Å². The van der Waals surface area contributed by atoms with E-state index in [1.54, 1.807) is 13.8 Å². The van der Waals surface area contributed by atoms with Gasteiger partial charge in [0, 0.05) is 17.8 Å². The third-order valence-corrected chi connectivity index (χ3v) is 4.97. The third kappa shape index (κ3) is 2.05. The molecule has 1 aromatic rings. The standard InChI is InChI=1S/C11H15N3O3S/c1-7-8(2)13-10(6-9(7)11(12)15)14-4-3-5-18(14,16)17/h6H,3-5H2,1-2H3,(H2,12,15). The molecule has 0 atom stereocenters. The van der Waals surface area contributed by atoms with Crippen LogP contribution in [0.25, 0.3) is 0 Å². The number of aromatic nitrogens is 1. The number of anilines is 1. The van der Waals surface area contributed by atoms with Crippen LogP contribution in [-0.2, 0) is 10.0 Å². The summed E-state index contributed by atoms with van der Waals surface area (Å²) in [7, 11) is -3.29. The fourth-order valence-corrected chi connectivity index (χ4v) is 3.50. The molecule has 0 spiro atoms. The van der Waals surface area contributed by atoms with Gasteiger partial charge in [-0.05, 0) is 31.9 Å². The highest BCUT2D eigenvalue weighted by atomic mass is 32.2. The maximum atomic E-state index is 11.8. The number of rotatable bonds is 2. The van der Waals surface area contributed by atoms with Crippen LogP contribution >= 0.6 is 0 Å². The molecule has 2 rings (SSSR count). The number of nitrogens with two attached hydrogens (primary N) is 1. The Balaban J connectivity index is 2.56. The number of pyridine rings is 1. The van der Waals surface area contributed by atoms with Gasteiger partial charge in [-0.15, -0.1) is 0 Å². The molecular weight excluding hydrogens is 254 g/mol. The topological polar surface area (TPSA) is 93.4 Å². The monoisotopic (exact) mass is 269 g/mol. The Morgan fingerprint density at radius 3 is 2.61 bits per heavy atom. The molecular formula is C11H15N3O3S. The highest BCUT2D eigenvalue weighted by Crippen LogP contribution is 2.25. The second-order valence-electron chi connectivity index (χ2n) is 4.34. The molecule has 18 heavy (non-hydrogen) atoms. The zero-order chi connectivity index (χ0) is 13.5. The van der Waals surface area contributed by atoms with Gasteiger partial charge >= 0.3 is 0 Å². The van der Waals surface area contributed by atoms with Crippen LogP contribution < -0.4 is 10.0 Å². The molecule has 1 aliphatic heterocycles. The maximum Gasteiger partial charge on any atom is 0.249 e. The third-order valence-electron chi connectivity index (χ3n) is 3.12. The Kier molecular flexibility index (Phi) is 3.02. The van der Waals surface area contributed by atoms with E-state index in [1.165, 1.54) is 10.4 Å². The Labute approximate surface area is 106 Å². The first-order valence-corrected chi connectivity index (χ1v) is 7.22. The van der Waals surface area contributed by atoms with Gasteiger partial charge < -0.3 is 5.73 Å². The van der Waals surface area contributed by atoms with E-state index >= 15 is 0 Å². The predicted octanol–water partition coefficient (Wildman–Crippen LogP) is 0.337. The Bertz CT molecular complexity index is 610. The Morgan fingerprint density at radius 2 is 2.11 bits per heavy atom. The summed E-state index contributed by atoms with van der Waals surface area (Å²) in [5.41, 5.74) is 6.90. The van der Waals surface area contributed by atoms with Gasteiger partial charge in [0.05, 0.1) is 5.75 Å². The molecule has 0 aliphatic carbocycles. The van der Waals surface area contributed by atoms with Crippen LogP contribution in [0.1, 0.15) is 28.0 Å². The summed E-state index contributed by atoms with van der Waals surface area (Å²) in [5.74, 6) is -0.173. The number of carbonyl (C=O) groups excluding carboxylic acids is 1. The first-order valence-electron chi connectivity index (χ1n) is 5.61. The lowest BCUT2D eigenvalue weighted by Crippen LogP contribution is -2.27. The van der Waals surface area contributed by atoms with Crippen molar-refractivity contribution in [2.24, 2.45) is 5.73 Å². The number of sulfonamides is 1. The molecule has 1 fully saturated rings. The minimum absolute atomic E-state index is 0.119. The normalized spacial score (nSPS) is 18.0. The molecule has 0 aromatic carbocycles. The van der Waals surface area contributed by atoms with Crippen LogP contribution in [0.3, 0.4) is 0 Å². The van der Waals surface area contributed by atoms with E-state index in [1.807, 2.05) is 0 Å². The lowest BCUT2D eigenvalue weighted by Gasteiger charge is -2.18. The van der Waals surface area contributed by atoms with Crippen LogP contribution in [0.15, 0.2) is 6.07 Å². The molecule has 2 N–H and O–H groups in total. The molecule has 1 saturated heterocycles. The molecule has 6 nitrogen and oxygen atoms in total. The van der Waals surface area contributed by atoms with Gasteiger partial charge in [-0.25, -0.2) is 13.4 Å². The molecule has 0 radical (unpaired) electrons. The summed E-state index contributed by atoms with van der Waals surface area (Å²) >= 11 is 0. The van der Waals surface area contributed by atoms with Crippen molar-refractivity contribution in [3.8, 4) is 0 Å². The summed E-state index contributed by atoms with van der Waals surface area (Å²) in [4.78, 5) is 15.6. The van der Waals surface area contributed by atoms with Crippen molar-refractivity contribution in [1.82, 2.24) is 4.98 Å². The molecule has 0 bridgehead atoms. The second-order valence-corrected chi connectivity index (χ2v) is 6.36. The number of hydrogen-bond donors (Lipinski definition) is 1. The smallest absolute Gasteiger partial charge is 0.249 e. The molecule has 1 aliphatic rings. The van der Waals surface area contributed by atoms with Gasteiger partial charge in [0.1, 0.15) is 5.82 Å². The van der Waals surface area contributed by atoms with Crippen LogP contribution in [0.5, 0.6) is 0 Å². The van der Waals surface area contributed by atoms with Gasteiger partial charge in [-0.2, -0.15) is 0 Å². The van der Waals surface area contributed by atoms with Gasteiger partial charge in [0.25, 0.3) is 0 Å². The average Bonchev–Trinajstić information content (AvgIpc) is 2.61. The van der Waals surface area contributed by atoms with Crippen molar-refractivity contribution in [2.75, 3.05) is 16.6 Å². The average molecular weight is 269 g/mol. The molecule has 1 aromatic heterocycles. The van der Waals surface area contributed by atoms with Gasteiger partial charge in [0.15, 0.2) is 0 Å². The summed E-state index contributed by atoms with van der Waals surface area (Å²) in [6, 6.07) is 1.45. The number of nitrogens with zero attached hydrogens (tertiary/aromatic N) is 2. The zero-order valence-electron chi connectivity index (χ0n) is 10.3. The van der Waals surface area contributed by atoms with E-state index in [0.29, 0.717) is 29.8 Å². The van der Waals surface area contributed by atoms with Gasteiger partial charge in [-0.1, -0.05) is 0 Å². The minimum Gasteiger partial charge on any atom is -0.366 e. The van der Waals surface area contributed by atoms with Crippen molar-refractivity contribution in [1.29, 1.82) is 0 Å². The summed E-state index contributed by atoms with van der Waals surface area (Å²) in [5, 5.41) is 0. The SMILES string of the molecule is Cc1nc(N2CCCS2(=O)=O)cc(C(N)=O)c1C. The van der Waals surface area contributed by atoms with Crippen LogP contribution in [0.4, 0.5) is 5.82 Å². The fraction of sp³-hybridized carbons (Fsp3) is 0.455. The fourth-order valence-electron chi connectivity index (χ4n) is 2.00. The van der Waals surface area contributed by atoms with Crippen molar-refractivity contribution >= 4 is 21.7 Å². The summed E-state index contributed by atoms with van der Waals surface area (Å²) in [6.45, 7) is 3.87. The summed E-state index contributed by atoms with van der Waals surface area (Å²) < 4.78 is 24.9. The number of aryl methyl sites for hydroxylation is 1. The number of amides is 1. The van der Waals surface area contributed by atoms with E-state index < -0.39 is 15.9 Å². The highest BCUT2D eigenvalue weighted by Gasteiger charge is 2.30. The van der Waals surface area contributed by atoms with Gasteiger partial charge in [0.2, 0.25) is 15.9 Å². The quantitative estimate of drug-likeness (QED) is 0.837. The van der Waals surface area contributed by atoms with E-state index in [2.05, 4.69) is 4.98 Å². The lowest BCUT2D eigenvalue weighted by atomic mass is 10.1. The molecule has 2 heterocycles. The Morgan fingerprint density at radius 1 is 1.44 bits per heavy atom. The molecule has 7 heteroatoms. The van der Waals surface area contributed by atoms with Gasteiger partial charge in [-0.3, -0.25) is 9.10 Å². The van der Waals surface area contributed by atoms with Crippen molar-refractivity contribution in [3.05, 3.63) is 22.9 Å². The summed E-state index contributed by atoms with van der Waals surface area (Å²) in [6.07, 6.45) is 0.572. The molecule has 0 unspecified atom stereocenters. The van der Waals surface area contributed by atoms with E-state index in [9.17, 15) is 13.2 Å². The number of primary amides is 1. The van der Waals surface area contributed by atoms with Crippen LogP contribution in [0.2, 0.25) is 0 Å². The van der Waals surface area contributed by atoms with Crippen LogP contribution in [-0.4, -0.2) is 31.6 Å². The van der Waals surface area contributed by atoms with E-state index in [-0.39, 0.29) is 11.6 Å². The highest BCUT2D eigenvalue weighted by molar-refractivity contribution is 7.93. The predicted molar refractivity (Wildman–Crippen MR) is 68.0 cm³/mol. The molecule has 0 saturated carbocycles. The molecule has 98 valence electrons. The number of hydrogen-bond acceptors (Lipinski definition) is 4. The van der Waals surface area contributed by atoms with E-state index in [0.717, 1.165) is 0 Å². The first kappa shape index (κ1) is 12.8. The Hall–Kier alpha value is -1.63. The first-order chi connectivity index (χ1) is 8.33. The largest absolute Gasteiger partial charge is 0.366 e. The minimum atomic E-state index is -3.29. The lowest BCUT2D eigenvalue weighted by molar-refractivity contribution is 0.0999. The van der Waals surface area contributed by atoms with E-state index in [4.69, 9.17) is 5.73 Å². The maximum absolute atomic E-state index is 11.8. The van der Waals surface area contributed by atoms with Crippen LogP contribution in [0, 0.1) is 13.8 Å². The van der Waals surface area contributed by atoms with Crippen molar-refractivity contribution in [3.63, 3.8) is 0 Å².